The molecule has 6 N–H and O–H groups in total. The quantitative estimate of drug-likeness (QED) is 0.183. The minimum absolute atomic E-state index is 0. The molecule has 72 valence electrons. The molecule has 12 heteroatoms. The van der Waals surface area contributed by atoms with Crippen LogP contribution in [-0.4, -0.2) is 95.8 Å². The van der Waals surface area contributed by atoms with Gasteiger partial charge in [0.2, 0.25) is 0 Å². The van der Waals surface area contributed by atoms with Gasteiger partial charge in [-0.25, -0.2) is 0 Å². The van der Waals surface area contributed by atoms with E-state index >= 15 is 0 Å². The Kier molecular flexibility index (Phi) is 19.1. The Bertz CT molecular complexity index is 60.0. The van der Waals surface area contributed by atoms with E-state index in [1.807, 2.05) is 0 Å². The molecule has 0 aliphatic carbocycles. The van der Waals surface area contributed by atoms with Crippen molar-refractivity contribution < 1.29 is 38.4 Å². The van der Waals surface area contributed by atoms with Crippen LogP contribution in [0.2, 0.25) is 0 Å². The van der Waals surface area contributed by atoms with E-state index in [0.717, 1.165) is 0 Å². The topological polar surface area (TPSA) is 168 Å². The number of rotatable bonds is 0. The number of hydrogen-bond donors (Lipinski definition) is 6. The van der Waals surface area contributed by atoms with Gasteiger partial charge in [-0.05, 0) is 0 Å². The molecule has 8 nitrogen and oxygen atoms in total. The molecule has 0 fully saturated rings. The summed E-state index contributed by atoms with van der Waals surface area (Å²) in [6.07, 6.45) is 0. The molecule has 0 radical (unpaired) electrons. The molecule has 1 unspecified atom stereocenters. The van der Waals surface area contributed by atoms with Crippen LogP contribution in [0, 0.1) is 0 Å². The second-order valence-corrected chi connectivity index (χ2v) is 3.45. The zero-order valence-corrected chi connectivity index (χ0v) is 13.8. The fraction of sp³-hybridized carbons (Fsp3) is 0. The van der Waals surface area contributed by atoms with E-state index in [1.165, 1.54) is 0 Å². The average Bonchev–Trinajstić information content (AvgIpc) is 1.12. The molecule has 0 aromatic carbocycles. The molecular formula is H9BaO8PSi2. The standard InChI is InChI=1S/Ba.H4O4Si.H2O4Si.H3P/c;2*1-5(2,3)4;/h;1-4H;1-2H;1H3/q+2;;-2;. The van der Waals surface area contributed by atoms with Crippen molar-refractivity contribution >= 4 is 76.9 Å². The minimum Gasteiger partial charge on any atom is -0.828 e. The van der Waals surface area contributed by atoms with Crippen LogP contribution in [0.1, 0.15) is 0 Å². The zero-order valence-electron chi connectivity index (χ0n) is 5.91. The molecule has 1 atom stereocenters. The maximum absolute atomic E-state index is 8.80. The van der Waals surface area contributed by atoms with Gasteiger partial charge in [-0.15, -0.1) is 0 Å². The zero-order chi connectivity index (χ0) is 9.00. The van der Waals surface area contributed by atoms with Crippen LogP contribution in [0.4, 0.5) is 0 Å². The van der Waals surface area contributed by atoms with Crippen molar-refractivity contribution in [2.24, 2.45) is 0 Å². The van der Waals surface area contributed by atoms with Gasteiger partial charge in [0, 0.05) is 0 Å². The molecule has 0 aliphatic rings. The van der Waals surface area contributed by atoms with Gasteiger partial charge in [-0.3, -0.25) is 0 Å². The third kappa shape index (κ3) is 335. The Balaban J connectivity index is -0.0000000457. The summed E-state index contributed by atoms with van der Waals surface area (Å²) in [5.41, 5.74) is 0. The van der Waals surface area contributed by atoms with Crippen LogP contribution in [0.5, 0.6) is 0 Å². The average molecular weight is 362 g/mol. The molecular weight excluding hydrogens is 352 g/mol. The normalized spacial score (nSPS) is 10.0. The van der Waals surface area contributed by atoms with Gasteiger partial charge in [0.25, 0.3) is 0 Å². The number of hydrogen-bond acceptors (Lipinski definition) is 8. The molecule has 12 heavy (non-hydrogen) atoms. The maximum Gasteiger partial charge on any atom is 2.00 e. The van der Waals surface area contributed by atoms with Gasteiger partial charge in [-0.2, -0.15) is 9.90 Å². The van der Waals surface area contributed by atoms with Crippen LogP contribution >= 0.6 is 9.90 Å². The Morgan fingerprint density at radius 3 is 0.750 bits per heavy atom. The van der Waals surface area contributed by atoms with Crippen LogP contribution < -0.4 is 9.59 Å². The summed E-state index contributed by atoms with van der Waals surface area (Å²) >= 11 is 0. The van der Waals surface area contributed by atoms with Crippen LogP contribution in [0.15, 0.2) is 0 Å². The summed E-state index contributed by atoms with van der Waals surface area (Å²) in [6, 6.07) is 0. The van der Waals surface area contributed by atoms with Crippen molar-refractivity contribution in [1.82, 2.24) is 0 Å². The third-order valence-corrected chi connectivity index (χ3v) is 0. The van der Waals surface area contributed by atoms with E-state index in [0.29, 0.717) is 0 Å². The van der Waals surface area contributed by atoms with E-state index in [-0.39, 0.29) is 58.8 Å². The smallest absolute Gasteiger partial charge is 0.828 e. The third-order valence-electron chi connectivity index (χ3n) is 0. The summed E-state index contributed by atoms with van der Waals surface area (Å²) in [5, 5.41) is 0. The molecule has 0 saturated heterocycles. The van der Waals surface area contributed by atoms with Crippen molar-refractivity contribution in [3.63, 3.8) is 0 Å². The predicted octanol–water partition coefficient (Wildman–Crippen LogP) is -6.80. The second kappa shape index (κ2) is 9.66. The Labute approximate surface area is 114 Å². The largest absolute Gasteiger partial charge is 2.00 e. The summed E-state index contributed by atoms with van der Waals surface area (Å²) in [4.78, 5) is 61.1. The van der Waals surface area contributed by atoms with Crippen molar-refractivity contribution in [3.8, 4) is 0 Å². The first-order valence-electron chi connectivity index (χ1n) is 1.75. The van der Waals surface area contributed by atoms with Gasteiger partial charge in [-0.1, -0.05) is 0 Å². The first-order valence-corrected chi connectivity index (χ1v) is 5.25. The Morgan fingerprint density at radius 2 is 0.750 bits per heavy atom. The summed E-state index contributed by atoms with van der Waals surface area (Å²) in [5.74, 6) is 0. The van der Waals surface area contributed by atoms with Gasteiger partial charge in [0.1, 0.15) is 9.05 Å². The molecule has 0 aromatic heterocycles. The second-order valence-electron chi connectivity index (χ2n) is 1.15. The van der Waals surface area contributed by atoms with E-state index < -0.39 is 18.1 Å². The van der Waals surface area contributed by atoms with Crippen molar-refractivity contribution in [3.05, 3.63) is 0 Å². The van der Waals surface area contributed by atoms with Gasteiger partial charge in [0.15, 0.2) is 0 Å². The molecule has 0 bridgehead atoms. The molecule has 0 amide bonds. The minimum atomic E-state index is -5.11. The monoisotopic (exact) mass is 362 g/mol. The fourth-order valence-electron chi connectivity index (χ4n) is 0. The van der Waals surface area contributed by atoms with Crippen LogP contribution in [0.25, 0.3) is 0 Å². The summed E-state index contributed by atoms with van der Waals surface area (Å²) in [6.45, 7) is 0. The first kappa shape index (κ1) is 23.7. The van der Waals surface area contributed by atoms with E-state index in [1.54, 1.807) is 0 Å². The van der Waals surface area contributed by atoms with Gasteiger partial charge in [0.05, 0.1) is 0 Å². The van der Waals surface area contributed by atoms with Crippen LogP contribution in [0.3, 0.4) is 0 Å². The molecule has 0 aliphatic heterocycles. The van der Waals surface area contributed by atoms with E-state index in [9.17, 15) is 0 Å². The summed E-state index contributed by atoms with van der Waals surface area (Å²) < 4.78 is 0. The van der Waals surface area contributed by atoms with Crippen molar-refractivity contribution in [1.29, 1.82) is 0 Å². The Hall–Kier alpha value is 2.12. The maximum atomic E-state index is 8.80. The van der Waals surface area contributed by atoms with Gasteiger partial charge < -0.3 is 38.4 Å². The fourth-order valence-corrected chi connectivity index (χ4v) is 0. The SMILES string of the molecule is O[Si](O)(O)O.P.[Ba+2].[O-][Si]([O-])(O)O. The first-order chi connectivity index (χ1) is 4.00. The summed E-state index contributed by atoms with van der Waals surface area (Å²) in [7, 11) is -9.72. The van der Waals surface area contributed by atoms with Crippen molar-refractivity contribution in [2.45, 2.75) is 0 Å². The molecule has 0 spiro atoms. The molecule has 0 heterocycles. The van der Waals surface area contributed by atoms with Crippen LogP contribution in [-0.2, 0) is 0 Å². The Morgan fingerprint density at radius 1 is 0.750 bits per heavy atom. The van der Waals surface area contributed by atoms with Gasteiger partial charge >= 0.3 is 57.9 Å². The van der Waals surface area contributed by atoms with Crippen molar-refractivity contribution in [2.75, 3.05) is 0 Å². The predicted molar refractivity (Wildman–Crippen MR) is 41.7 cm³/mol. The molecule has 0 saturated carbocycles. The van der Waals surface area contributed by atoms with E-state index in [2.05, 4.69) is 0 Å². The molecule has 0 aromatic rings. The van der Waals surface area contributed by atoms with E-state index in [4.69, 9.17) is 38.4 Å². The molecule has 0 rings (SSSR count).